The van der Waals surface area contributed by atoms with Crippen LogP contribution in [-0.2, 0) is 4.79 Å². The van der Waals surface area contributed by atoms with E-state index in [0.29, 0.717) is 39.1 Å². The topological polar surface area (TPSA) is 78.7 Å². The number of urea groups is 1. The Morgan fingerprint density at radius 3 is 2.20 bits per heavy atom. The fourth-order valence-corrected chi connectivity index (χ4v) is 3.09. The van der Waals surface area contributed by atoms with E-state index in [1.807, 2.05) is 11.8 Å². The van der Waals surface area contributed by atoms with Gasteiger partial charge in [-0.2, -0.15) is 0 Å². The first-order valence-corrected chi connectivity index (χ1v) is 7.63. The lowest BCUT2D eigenvalue weighted by atomic mass is 9.94. The van der Waals surface area contributed by atoms with Crippen LogP contribution in [0.5, 0.6) is 0 Å². The second-order valence-corrected chi connectivity index (χ2v) is 5.95. The third kappa shape index (κ3) is 3.62. The molecule has 0 bridgehead atoms. The van der Waals surface area contributed by atoms with Gasteiger partial charge in [0.2, 0.25) is 5.91 Å². The molecule has 0 atom stereocenters. The van der Waals surface area contributed by atoms with Crippen molar-refractivity contribution >= 4 is 11.9 Å². The molecule has 1 saturated heterocycles. The molecular weight excluding hydrogens is 256 g/mol. The number of carbonyl (C=O) groups excluding carboxylic acids is 2. The summed E-state index contributed by atoms with van der Waals surface area (Å²) in [5.41, 5.74) is 5.98. The molecule has 0 aromatic rings. The van der Waals surface area contributed by atoms with Gasteiger partial charge in [-0.1, -0.05) is 12.8 Å². The fraction of sp³-hybridized carbons (Fsp3) is 0.857. The zero-order valence-electron chi connectivity index (χ0n) is 12.4. The van der Waals surface area contributed by atoms with Gasteiger partial charge < -0.3 is 20.9 Å². The van der Waals surface area contributed by atoms with Crippen LogP contribution in [0.4, 0.5) is 4.79 Å². The lowest BCUT2D eigenvalue weighted by Gasteiger charge is -2.36. The zero-order chi connectivity index (χ0) is 14.6. The maximum absolute atomic E-state index is 12.3. The van der Waals surface area contributed by atoms with Gasteiger partial charge in [-0.15, -0.1) is 0 Å². The van der Waals surface area contributed by atoms with E-state index in [1.165, 1.54) is 0 Å². The van der Waals surface area contributed by atoms with E-state index in [9.17, 15) is 9.59 Å². The number of hydrogen-bond acceptors (Lipinski definition) is 3. The highest BCUT2D eigenvalue weighted by atomic mass is 16.2. The molecule has 6 heteroatoms. The summed E-state index contributed by atoms with van der Waals surface area (Å²) in [6, 6.07) is -0.0364. The highest BCUT2D eigenvalue weighted by Gasteiger charge is 2.34. The van der Waals surface area contributed by atoms with Crippen LogP contribution in [0.15, 0.2) is 0 Å². The number of hydrogen-bond donors (Lipinski definition) is 2. The maximum atomic E-state index is 12.3. The maximum Gasteiger partial charge on any atom is 0.317 e. The monoisotopic (exact) mass is 282 g/mol. The van der Waals surface area contributed by atoms with Gasteiger partial charge in [0, 0.05) is 44.7 Å². The average molecular weight is 282 g/mol. The normalized spacial score (nSPS) is 21.9. The first-order valence-electron chi connectivity index (χ1n) is 7.63. The van der Waals surface area contributed by atoms with Crippen LogP contribution < -0.4 is 11.1 Å². The lowest BCUT2D eigenvalue weighted by molar-refractivity contribution is -0.133. The molecule has 20 heavy (non-hydrogen) atoms. The summed E-state index contributed by atoms with van der Waals surface area (Å²) >= 11 is 0. The van der Waals surface area contributed by atoms with E-state index in [0.717, 1.165) is 25.7 Å². The van der Waals surface area contributed by atoms with Crippen LogP contribution in [0.25, 0.3) is 0 Å². The molecule has 0 radical (unpaired) electrons. The number of rotatable bonds is 3. The Balaban J connectivity index is 1.78. The molecule has 114 valence electrons. The van der Waals surface area contributed by atoms with Gasteiger partial charge in [-0.25, -0.2) is 4.79 Å². The number of piperazine rings is 1. The summed E-state index contributed by atoms with van der Waals surface area (Å²) in [7, 11) is 0. The van der Waals surface area contributed by atoms with Crippen molar-refractivity contribution in [2.75, 3.05) is 32.7 Å². The smallest absolute Gasteiger partial charge is 0.317 e. The van der Waals surface area contributed by atoms with Crippen molar-refractivity contribution in [1.82, 2.24) is 15.1 Å². The molecule has 0 aromatic carbocycles. The highest BCUT2D eigenvalue weighted by Crippen LogP contribution is 2.30. The molecule has 3 amide bonds. The van der Waals surface area contributed by atoms with Crippen LogP contribution >= 0.6 is 0 Å². The van der Waals surface area contributed by atoms with Crippen molar-refractivity contribution in [2.24, 2.45) is 5.73 Å². The number of nitrogens with zero attached hydrogens (tertiary/aromatic N) is 2. The van der Waals surface area contributed by atoms with E-state index < -0.39 is 0 Å². The summed E-state index contributed by atoms with van der Waals surface area (Å²) in [6.45, 7) is 4.98. The molecule has 6 nitrogen and oxygen atoms in total. The summed E-state index contributed by atoms with van der Waals surface area (Å²) < 4.78 is 0. The third-order valence-corrected chi connectivity index (χ3v) is 4.35. The Bertz CT molecular complexity index is 358. The minimum atomic E-state index is -0.284. The van der Waals surface area contributed by atoms with Gasteiger partial charge in [-0.05, 0) is 19.8 Å². The van der Waals surface area contributed by atoms with Crippen LogP contribution in [0.2, 0.25) is 0 Å². The van der Waals surface area contributed by atoms with Crippen LogP contribution in [-0.4, -0.2) is 60.0 Å². The quantitative estimate of drug-likeness (QED) is 0.792. The lowest BCUT2D eigenvalue weighted by Crippen LogP contribution is -2.54. The number of nitrogens with two attached hydrogens (primary N) is 1. The average Bonchev–Trinajstić information content (AvgIpc) is 2.85. The van der Waals surface area contributed by atoms with Crippen molar-refractivity contribution in [3.8, 4) is 0 Å². The number of nitrogens with one attached hydrogen (secondary N) is 1. The van der Waals surface area contributed by atoms with Gasteiger partial charge in [0.05, 0.1) is 0 Å². The van der Waals surface area contributed by atoms with Crippen LogP contribution in [0.1, 0.15) is 39.0 Å². The van der Waals surface area contributed by atoms with E-state index in [2.05, 4.69) is 5.32 Å². The summed E-state index contributed by atoms with van der Waals surface area (Å²) in [5.74, 6) is 0.143. The van der Waals surface area contributed by atoms with E-state index >= 15 is 0 Å². The Hall–Kier alpha value is -1.30. The predicted molar refractivity (Wildman–Crippen MR) is 77.2 cm³/mol. The molecule has 1 aliphatic carbocycles. The molecule has 1 aliphatic heterocycles. The molecule has 2 fully saturated rings. The molecule has 1 heterocycles. The second-order valence-electron chi connectivity index (χ2n) is 5.95. The van der Waals surface area contributed by atoms with E-state index in [-0.39, 0.29) is 17.5 Å². The molecule has 2 aliphatic rings. The Labute approximate surface area is 120 Å². The summed E-state index contributed by atoms with van der Waals surface area (Å²) in [4.78, 5) is 27.6. The fourth-order valence-electron chi connectivity index (χ4n) is 3.09. The minimum absolute atomic E-state index is 0.0364. The van der Waals surface area contributed by atoms with Gasteiger partial charge in [0.1, 0.15) is 0 Å². The zero-order valence-corrected chi connectivity index (χ0v) is 12.4. The molecular formula is C14H26N4O2. The Morgan fingerprint density at radius 2 is 1.65 bits per heavy atom. The molecule has 2 rings (SSSR count). The van der Waals surface area contributed by atoms with Crippen molar-refractivity contribution in [1.29, 1.82) is 0 Å². The minimum Gasteiger partial charge on any atom is -0.339 e. The van der Waals surface area contributed by atoms with Crippen molar-refractivity contribution in [3.05, 3.63) is 0 Å². The standard InChI is InChI=1S/C14H26N4O2/c1-2-16-13(20)18-9-7-17(8-10-18)12(19)11-14(15)5-3-4-6-14/h2-11,15H2,1H3,(H,16,20). The first kappa shape index (κ1) is 15.1. The van der Waals surface area contributed by atoms with Gasteiger partial charge in [0.25, 0.3) is 0 Å². The van der Waals surface area contributed by atoms with Crippen molar-refractivity contribution in [2.45, 2.75) is 44.6 Å². The number of amides is 3. The van der Waals surface area contributed by atoms with E-state index in [4.69, 9.17) is 5.73 Å². The summed E-state index contributed by atoms with van der Waals surface area (Å²) in [5, 5.41) is 2.79. The molecule has 1 saturated carbocycles. The van der Waals surface area contributed by atoms with Gasteiger partial charge in [0.15, 0.2) is 0 Å². The largest absolute Gasteiger partial charge is 0.339 e. The SMILES string of the molecule is CCNC(=O)N1CCN(C(=O)CC2(N)CCCC2)CC1. The molecule has 0 spiro atoms. The Kier molecular flexibility index (Phi) is 4.86. The molecule has 0 unspecified atom stereocenters. The van der Waals surface area contributed by atoms with Crippen molar-refractivity contribution < 1.29 is 9.59 Å². The Morgan fingerprint density at radius 1 is 1.10 bits per heavy atom. The predicted octanol–water partition coefficient (Wildman–Crippen LogP) is 0.522. The molecule has 0 aromatic heterocycles. The first-order chi connectivity index (χ1) is 9.54. The van der Waals surface area contributed by atoms with Gasteiger partial charge >= 0.3 is 6.03 Å². The van der Waals surface area contributed by atoms with Crippen molar-refractivity contribution in [3.63, 3.8) is 0 Å². The number of carbonyl (C=O) groups is 2. The second kappa shape index (κ2) is 6.43. The third-order valence-electron chi connectivity index (χ3n) is 4.35. The van der Waals surface area contributed by atoms with Crippen LogP contribution in [0.3, 0.4) is 0 Å². The summed E-state index contributed by atoms with van der Waals surface area (Å²) in [6.07, 6.45) is 4.63. The van der Waals surface area contributed by atoms with Gasteiger partial charge in [-0.3, -0.25) is 4.79 Å². The molecule has 3 N–H and O–H groups in total. The van der Waals surface area contributed by atoms with Crippen LogP contribution in [0, 0.1) is 0 Å². The highest BCUT2D eigenvalue weighted by molar-refractivity contribution is 5.78. The van der Waals surface area contributed by atoms with E-state index in [1.54, 1.807) is 4.90 Å².